The highest BCUT2D eigenvalue weighted by atomic mass is 31.2. The van der Waals surface area contributed by atoms with E-state index in [0.717, 1.165) is 108 Å². The van der Waals surface area contributed by atoms with Crippen molar-refractivity contribution >= 4 is 39.5 Å². The number of phosphoric acid groups is 2. The van der Waals surface area contributed by atoms with Crippen LogP contribution in [-0.2, 0) is 65.4 Å². The van der Waals surface area contributed by atoms with Crippen molar-refractivity contribution in [2.45, 2.75) is 465 Å². The van der Waals surface area contributed by atoms with Crippen LogP contribution in [0.2, 0.25) is 0 Å². The lowest BCUT2D eigenvalue weighted by Gasteiger charge is -2.21. The zero-order valence-electron chi connectivity index (χ0n) is 68.5. The van der Waals surface area contributed by atoms with Crippen LogP contribution in [0.1, 0.15) is 447 Å². The van der Waals surface area contributed by atoms with Crippen molar-refractivity contribution in [3.8, 4) is 0 Å². The molecule has 0 aromatic carbocycles. The molecule has 0 fully saturated rings. The van der Waals surface area contributed by atoms with Crippen LogP contribution in [0.5, 0.6) is 0 Å². The summed E-state index contributed by atoms with van der Waals surface area (Å²) >= 11 is 0. The lowest BCUT2D eigenvalue weighted by molar-refractivity contribution is -0.161. The van der Waals surface area contributed by atoms with Crippen LogP contribution >= 0.6 is 15.6 Å². The molecule has 104 heavy (non-hydrogen) atoms. The molecule has 0 aliphatic rings. The third-order valence-corrected chi connectivity index (χ3v) is 21.8. The zero-order chi connectivity index (χ0) is 76.5. The summed E-state index contributed by atoms with van der Waals surface area (Å²) < 4.78 is 68.9. The molecule has 0 aromatic rings. The maximum Gasteiger partial charge on any atom is 0.472 e. The smallest absolute Gasteiger partial charge is 0.462 e. The maximum absolute atomic E-state index is 13.1. The number of rotatable bonds is 83. The van der Waals surface area contributed by atoms with Crippen LogP contribution in [-0.4, -0.2) is 96.7 Å². The van der Waals surface area contributed by atoms with E-state index in [-0.39, 0.29) is 25.7 Å². The van der Waals surface area contributed by atoms with E-state index in [9.17, 15) is 43.2 Å². The van der Waals surface area contributed by atoms with Gasteiger partial charge < -0.3 is 33.8 Å². The summed E-state index contributed by atoms with van der Waals surface area (Å²) in [6.45, 7) is 12.0. The Morgan fingerprint density at radius 1 is 0.260 bits per heavy atom. The Bertz CT molecular complexity index is 2010. The molecule has 3 N–H and O–H groups in total. The van der Waals surface area contributed by atoms with Crippen molar-refractivity contribution in [2.24, 2.45) is 17.8 Å². The van der Waals surface area contributed by atoms with Gasteiger partial charge in [0.05, 0.1) is 26.4 Å². The number of esters is 4. The van der Waals surface area contributed by atoms with Gasteiger partial charge in [-0.2, -0.15) is 0 Å². The monoisotopic (exact) mass is 1520 g/mol. The van der Waals surface area contributed by atoms with Crippen LogP contribution in [0.4, 0.5) is 0 Å². The molecule has 0 aromatic heterocycles. The van der Waals surface area contributed by atoms with Gasteiger partial charge in [0.1, 0.15) is 19.3 Å². The Hall–Kier alpha value is -1.94. The van der Waals surface area contributed by atoms with E-state index in [1.165, 1.54) is 257 Å². The molecule has 0 saturated heterocycles. The van der Waals surface area contributed by atoms with Gasteiger partial charge in [-0.3, -0.25) is 37.3 Å². The Balaban J connectivity index is 5.25. The quantitative estimate of drug-likeness (QED) is 0.0222. The van der Waals surface area contributed by atoms with E-state index in [2.05, 4.69) is 48.5 Å². The molecule has 0 amide bonds. The van der Waals surface area contributed by atoms with Crippen molar-refractivity contribution in [1.29, 1.82) is 0 Å². The Labute approximate surface area is 638 Å². The molecular weight excluding hydrogens is 1350 g/mol. The minimum atomic E-state index is -4.97. The van der Waals surface area contributed by atoms with Crippen LogP contribution in [0.15, 0.2) is 0 Å². The average molecular weight is 1520 g/mol. The third-order valence-electron chi connectivity index (χ3n) is 19.9. The van der Waals surface area contributed by atoms with E-state index in [0.29, 0.717) is 25.7 Å². The van der Waals surface area contributed by atoms with Gasteiger partial charge in [0.25, 0.3) is 0 Å². The fourth-order valence-electron chi connectivity index (χ4n) is 13.2. The number of hydrogen-bond donors (Lipinski definition) is 3. The Kier molecular flexibility index (Phi) is 73.7. The van der Waals surface area contributed by atoms with E-state index < -0.39 is 97.5 Å². The molecule has 0 heterocycles. The van der Waals surface area contributed by atoms with Crippen LogP contribution in [0, 0.1) is 17.8 Å². The first-order chi connectivity index (χ1) is 50.2. The number of unbranched alkanes of at least 4 members (excludes halogenated alkanes) is 51. The lowest BCUT2D eigenvalue weighted by Crippen LogP contribution is -2.30. The van der Waals surface area contributed by atoms with Gasteiger partial charge in [-0.1, -0.05) is 395 Å². The zero-order valence-corrected chi connectivity index (χ0v) is 70.3. The normalized spacial score (nSPS) is 13.9. The topological polar surface area (TPSA) is 237 Å². The van der Waals surface area contributed by atoms with Gasteiger partial charge in [-0.05, 0) is 43.4 Å². The number of ether oxygens (including phenoxy) is 4. The highest BCUT2D eigenvalue weighted by Crippen LogP contribution is 2.45. The second kappa shape index (κ2) is 75.1. The summed E-state index contributed by atoms with van der Waals surface area (Å²) in [5, 5.41) is 10.7. The molecule has 0 rings (SSSR count). The van der Waals surface area contributed by atoms with E-state index in [4.69, 9.17) is 37.0 Å². The fraction of sp³-hybridized carbons (Fsp3) is 0.953. The van der Waals surface area contributed by atoms with Gasteiger partial charge in [-0.15, -0.1) is 0 Å². The molecule has 0 bridgehead atoms. The van der Waals surface area contributed by atoms with Crippen molar-refractivity contribution in [1.82, 2.24) is 0 Å². The lowest BCUT2D eigenvalue weighted by atomic mass is 10.0. The van der Waals surface area contributed by atoms with Crippen molar-refractivity contribution in [3.63, 3.8) is 0 Å². The molecule has 2 unspecified atom stereocenters. The number of aliphatic hydroxyl groups is 1. The molecule has 0 aliphatic carbocycles. The summed E-state index contributed by atoms with van der Waals surface area (Å²) in [6, 6.07) is 0. The second-order valence-electron chi connectivity index (χ2n) is 32.0. The number of carbonyl (C=O) groups excluding carboxylic acids is 4. The predicted molar refractivity (Wildman–Crippen MR) is 428 cm³/mol. The standard InChI is InChI=1S/C85H166O17P2/c1-8-9-10-11-12-13-28-38-45-52-59-66-82(87)95-72-80(101-85(90)69-62-55-48-41-34-27-21-24-31-37-44-51-58-65-78(6)7)74-99-103(91,92)97-70-79(86)71-98-104(93,94)100-75-81(73-96-83(88)67-60-53-46-39-32-25-20-16-18-23-30-36-43-50-57-64-77(4)5)102-84(89)68-61-54-47-40-33-26-19-15-14-17-22-29-35-42-49-56-63-76(2)3/h76-81,86H,8-75H2,1-7H3,(H,91,92)(H,93,94)/t79-,80+,81+/m0/s1. The highest BCUT2D eigenvalue weighted by Gasteiger charge is 2.30. The molecule has 17 nitrogen and oxygen atoms in total. The second-order valence-corrected chi connectivity index (χ2v) is 34.9. The number of phosphoric ester groups is 2. The molecule has 0 radical (unpaired) electrons. The van der Waals surface area contributed by atoms with E-state index in [1.807, 2.05) is 0 Å². The van der Waals surface area contributed by atoms with Crippen molar-refractivity contribution in [3.05, 3.63) is 0 Å². The van der Waals surface area contributed by atoms with Gasteiger partial charge in [0, 0.05) is 25.7 Å². The molecule has 618 valence electrons. The maximum atomic E-state index is 13.1. The molecule has 0 spiro atoms. The van der Waals surface area contributed by atoms with Crippen molar-refractivity contribution in [2.75, 3.05) is 39.6 Å². The molecule has 0 aliphatic heterocycles. The first-order valence-corrected chi connectivity index (χ1v) is 46.8. The van der Waals surface area contributed by atoms with Gasteiger partial charge in [-0.25, -0.2) is 9.13 Å². The Morgan fingerprint density at radius 3 is 0.654 bits per heavy atom. The first-order valence-electron chi connectivity index (χ1n) is 43.8. The summed E-state index contributed by atoms with van der Waals surface area (Å²) in [5.74, 6) is 0.298. The fourth-order valence-corrected chi connectivity index (χ4v) is 14.8. The minimum absolute atomic E-state index is 0.108. The van der Waals surface area contributed by atoms with E-state index in [1.54, 1.807) is 0 Å². The summed E-state index contributed by atoms with van der Waals surface area (Å²) in [6.07, 6.45) is 65.1. The number of carbonyl (C=O) groups is 4. The first kappa shape index (κ1) is 102. The van der Waals surface area contributed by atoms with Gasteiger partial charge in [0.2, 0.25) is 0 Å². The largest absolute Gasteiger partial charge is 0.472 e. The van der Waals surface area contributed by atoms with Crippen molar-refractivity contribution < 1.29 is 80.2 Å². The predicted octanol–water partition coefficient (Wildman–Crippen LogP) is 25.7. The molecular formula is C85H166O17P2. The summed E-state index contributed by atoms with van der Waals surface area (Å²) in [5.41, 5.74) is 0. The number of aliphatic hydroxyl groups excluding tert-OH is 1. The van der Waals surface area contributed by atoms with E-state index >= 15 is 0 Å². The Morgan fingerprint density at radius 2 is 0.442 bits per heavy atom. The summed E-state index contributed by atoms with van der Waals surface area (Å²) in [7, 11) is -9.93. The number of hydrogen-bond acceptors (Lipinski definition) is 15. The molecule has 19 heteroatoms. The average Bonchev–Trinajstić information content (AvgIpc) is 0.911. The van der Waals surface area contributed by atoms with Crippen LogP contribution in [0.25, 0.3) is 0 Å². The third kappa shape index (κ3) is 78.2. The summed E-state index contributed by atoms with van der Waals surface area (Å²) in [4.78, 5) is 73.2. The highest BCUT2D eigenvalue weighted by molar-refractivity contribution is 7.47. The van der Waals surface area contributed by atoms with Crippen LogP contribution < -0.4 is 0 Å². The van der Waals surface area contributed by atoms with Gasteiger partial charge >= 0.3 is 39.5 Å². The van der Waals surface area contributed by atoms with Gasteiger partial charge in [0.15, 0.2) is 12.2 Å². The van der Waals surface area contributed by atoms with Crippen LogP contribution in [0.3, 0.4) is 0 Å². The molecule has 5 atom stereocenters. The minimum Gasteiger partial charge on any atom is -0.462 e. The SMILES string of the molecule is CCCCCCCCCCCCCC(=O)OC[C@H](COP(=O)(O)OC[C@H](O)COP(=O)(O)OC[C@@H](COC(=O)CCCCCCCCCCCCCCCCCC(C)C)OC(=O)CCCCCCCCCCCCCCCCCCC(C)C)OC(=O)CCCCCCCCCCCCCCCC(C)C. The molecule has 0 saturated carbocycles.